The molecule has 2 nitrogen and oxygen atoms in total. The first-order chi connectivity index (χ1) is 11.8. The van der Waals surface area contributed by atoms with Gasteiger partial charge in [0, 0.05) is 23.2 Å². The lowest BCUT2D eigenvalue weighted by Crippen LogP contribution is -2.70. The smallest absolute Gasteiger partial charge is 0.181 e. The van der Waals surface area contributed by atoms with Gasteiger partial charge in [0.2, 0.25) is 0 Å². The zero-order valence-corrected chi connectivity index (χ0v) is 16.4. The van der Waals surface area contributed by atoms with Crippen molar-refractivity contribution in [2.45, 2.75) is 36.7 Å². The van der Waals surface area contributed by atoms with E-state index in [2.05, 4.69) is 76.2 Å². The van der Waals surface area contributed by atoms with Crippen LogP contribution in [0.25, 0.3) is 11.1 Å². The molecule has 1 aliphatic heterocycles. The molecule has 1 saturated carbocycles. The third kappa shape index (κ3) is 1.54. The molecule has 3 aliphatic rings. The second kappa shape index (κ2) is 4.54. The van der Waals surface area contributed by atoms with Crippen LogP contribution in [0, 0.1) is 10.8 Å². The number of hydrogen-bond donors (Lipinski definition) is 0. The number of hydrogen-bond acceptors (Lipinski definition) is 4. The molecule has 4 heteroatoms. The van der Waals surface area contributed by atoms with Crippen molar-refractivity contribution < 1.29 is 8.98 Å². The monoisotopic (exact) mass is 368 g/mol. The minimum atomic E-state index is -0.535. The van der Waals surface area contributed by atoms with Gasteiger partial charge < -0.3 is 0 Å². The van der Waals surface area contributed by atoms with Crippen molar-refractivity contribution in [1.29, 1.82) is 0 Å². The predicted molar refractivity (Wildman–Crippen MR) is 104 cm³/mol. The van der Waals surface area contributed by atoms with Gasteiger partial charge in [0.1, 0.15) is 9.86 Å². The SMILES string of the molecule is CC1(C)C(=O)C(C)(C)C12SOC1(S2)c2ccccc2-c2ccccc21. The van der Waals surface area contributed by atoms with Gasteiger partial charge in [-0.3, -0.25) is 8.98 Å². The molecular weight excluding hydrogens is 348 g/mol. The molecule has 2 fully saturated rings. The van der Waals surface area contributed by atoms with Crippen LogP contribution >= 0.6 is 23.8 Å². The van der Waals surface area contributed by atoms with Gasteiger partial charge in [-0.2, -0.15) is 0 Å². The Morgan fingerprint density at radius 2 is 1.28 bits per heavy atom. The molecule has 2 aromatic carbocycles. The molecule has 0 aromatic heterocycles. The maximum Gasteiger partial charge on any atom is 0.181 e. The van der Waals surface area contributed by atoms with E-state index in [-0.39, 0.29) is 4.08 Å². The van der Waals surface area contributed by atoms with Crippen molar-refractivity contribution in [3.05, 3.63) is 59.7 Å². The summed E-state index contributed by atoms with van der Waals surface area (Å²) in [5.74, 6) is 0.320. The Kier molecular flexibility index (Phi) is 2.90. The summed E-state index contributed by atoms with van der Waals surface area (Å²) in [5.41, 5.74) is 4.06. The second-order valence-corrected chi connectivity index (χ2v) is 10.8. The van der Waals surface area contributed by atoms with Crippen molar-refractivity contribution in [2.24, 2.45) is 10.8 Å². The molecule has 1 heterocycles. The predicted octanol–water partition coefficient (Wildman–Crippen LogP) is 5.61. The first kappa shape index (κ1) is 16.0. The van der Waals surface area contributed by atoms with E-state index in [0.717, 1.165) is 0 Å². The van der Waals surface area contributed by atoms with Crippen LogP contribution in [-0.4, -0.2) is 9.86 Å². The van der Waals surface area contributed by atoms with E-state index >= 15 is 0 Å². The van der Waals surface area contributed by atoms with Crippen LogP contribution in [0.5, 0.6) is 0 Å². The van der Waals surface area contributed by atoms with Crippen LogP contribution in [0.3, 0.4) is 0 Å². The molecule has 1 saturated heterocycles. The normalized spacial score (nSPS) is 25.7. The average molecular weight is 369 g/mol. The standard InChI is InChI=1S/C21H20O2S2/c1-18(2)17(22)19(3,4)21(18)24-20(23-25-21)15-11-7-5-9-13(15)14-10-6-8-12-16(14)20/h5-12H,1-4H3. The molecule has 0 radical (unpaired) electrons. The molecule has 5 rings (SSSR count). The zero-order valence-electron chi connectivity index (χ0n) is 14.8. The van der Waals surface area contributed by atoms with E-state index in [1.165, 1.54) is 34.3 Å². The van der Waals surface area contributed by atoms with E-state index in [0.29, 0.717) is 5.78 Å². The number of rotatable bonds is 0. The fraction of sp³-hybridized carbons (Fsp3) is 0.381. The summed E-state index contributed by atoms with van der Waals surface area (Å²) in [6.45, 7) is 8.26. The highest BCUT2D eigenvalue weighted by Crippen LogP contribution is 2.80. The lowest BCUT2D eigenvalue weighted by Gasteiger charge is -2.61. The summed E-state index contributed by atoms with van der Waals surface area (Å²) in [4.78, 5) is 12.2. The van der Waals surface area contributed by atoms with Crippen LogP contribution in [0.4, 0.5) is 0 Å². The largest absolute Gasteiger partial charge is 0.298 e. The van der Waals surface area contributed by atoms with Gasteiger partial charge in [0.25, 0.3) is 0 Å². The highest BCUT2D eigenvalue weighted by Gasteiger charge is 2.79. The summed E-state index contributed by atoms with van der Waals surface area (Å²) in [6, 6.07) is 17.0. The number of carbonyl (C=O) groups is 1. The minimum absolute atomic E-state index is 0.290. The van der Waals surface area contributed by atoms with Crippen molar-refractivity contribution in [3.63, 3.8) is 0 Å². The van der Waals surface area contributed by atoms with Crippen LogP contribution in [0.15, 0.2) is 48.5 Å². The maximum atomic E-state index is 12.8. The number of carbonyl (C=O) groups excluding carboxylic acids is 1. The van der Waals surface area contributed by atoms with E-state index < -0.39 is 15.8 Å². The molecule has 0 amide bonds. The first-order valence-corrected chi connectivity index (χ1v) is 10.2. The Balaban J connectivity index is 1.74. The molecule has 25 heavy (non-hydrogen) atoms. The van der Waals surface area contributed by atoms with Crippen LogP contribution in [0.2, 0.25) is 0 Å². The van der Waals surface area contributed by atoms with Gasteiger partial charge in [0.15, 0.2) is 4.93 Å². The van der Waals surface area contributed by atoms with Gasteiger partial charge in [0.05, 0.1) is 10.8 Å². The van der Waals surface area contributed by atoms with Gasteiger partial charge in [-0.05, 0) is 11.1 Å². The van der Waals surface area contributed by atoms with Gasteiger partial charge >= 0.3 is 0 Å². The lowest BCUT2D eigenvalue weighted by atomic mass is 9.53. The lowest BCUT2D eigenvalue weighted by molar-refractivity contribution is -0.152. The van der Waals surface area contributed by atoms with Gasteiger partial charge in [-0.15, -0.1) is 0 Å². The topological polar surface area (TPSA) is 26.3 Å². The molecule has 0 N–H and O–H groups in total. The molecule has 0 atom stereocenters. The highest BCUT2D eigenvalue weighted by atomic mass is 32.2. The van der Waals surface area contributed by atoms with Crippen LogP contribution in [0.1, 0.15) is 38.8 Å². The van der Waals surface area contributed by atoms with Crippen LogP contribution in [-0.2, 0) is 13.9 Å². The Bertz CT molecular complexity index is 865. The van der Waals surface area contributed by atoms with Crippen molar-refractivity contribution in [1.82, 2.24) is 0 Å². The van der Waals surface area contributed by atoms with Crippen molar-refractivity contribution in [3.8, 4) is 11.1 Å². The first-order valence-electron chi connectivity index (χ1n) is 8.59. The van der Waals surface area contributed by atoms with Crippen molar-refractivity contribution in [2.75, 3.05) is 0 Å². The number of fused-ring (bicyclic) bond motifs is 5. The van der Waals surface area contributed by atoms with E-state index in [1.807, 2.05) is 11.8 Å². The molecule has 0 unspecified atom stereocenters. The summed E-state index contributed by atoms with van der Waals surface area (Å²) < 4.78 is 6.27. The molecule has 0 bridgehead atoms. The fourth-order valence-corrected chi connectivity index (χ4v) is 8.49. The number of Topliss-reactive ketones (excluding diaryl/α,β-unsaturated/α-hetero) is 1. The third-order valence-electron chi connectivity index (χ3n) is 6.20. The summed E-state index contributed by atoms with van der Waals surface area (Å²) in [5, 5.41) is 0. The summed E-state index contributed by atoms with van der Waals surface area (Å²) in [6.07, 6.45) is 0. The number of ketones is 1. The van der Waals surface area contributed by atoms with E-state index in [4.69, 9.17) is 4.18 Å². The minimum Gasteiger partial charge on any atom is -0.298 e. The van der Waals surface area contributed by atoms with Crippen LogP contribution < -0.4 is 0 Å². The van der Waals surface area contributed by atoms with Crippen molar-refractivity contribution >= 4 is 29.6 Å². The Hall–Kier alpha value is -1.23. The summed E-state index contributed by atoms with van der Waals surface area (Å²) in [7, 11) is 0. The molecule has 2 spiro atoms. The molecule has 2 aromatic rings. The molecule has 128 valence electrons. The van der Waals surface area contributed by atoms with E-state index in [9.17, 15) is 4.79 Å². The molecular formula is C21H20O2S2. The summed E-state index contributed by atoms with van der Waals surface area (Å²) >= 11 is 3.35. The quantitative estimate of drug-likeness (QED) is 0.565. The Labute approximate surface area is 156 Å². The highest BCUT2D eigenvalue weighted by molar-refractivity contribution is 8.19. The third-order valence-corrected chi connectivity index (χ3v) is 10.5. The number of benzene rings is 2. The zero-order chi connectivity index (χ0) is 17.7. The second-order valence-electron chi connectivity index (χ2n) is 8.17. The van der Waals surface area contributed by atoms with Gasteiger partial charge in [-0.25, -0.2) is 0 Å². The van der Waals surface area contributed by atoms with E-state index in [1.54, 1.807) is 0 Å². The van der Waals surface area contributed by atoms with Gasteiger partial charge in [-0.1, -0.05) is 88.0 Å². The Morgan fingerprint density at radius 3 is 1.80 bits per heavy atom. The number of thioether (sulfide) groups is 1. The maximum absolute atomic E-state index is 12.8. The average Bonchev–Trinajstić information content (AvgIpc) is 3.16. The fourth-order valence-electron chi connectivity index (χ4n) is 4.97. The molecule has 2 aliphatic carbocycles. The Morgan fingerprint density at radius 1 is 0.800 bits per heavy atom.